The zero-order chi connectivity index (χ0) is 20.6. The molecule has 4 rings (SSSR count). The third-order valence-electron chi connectivity index (χ3n) is 5.82. The van der Waals surface area contributed by atoms with Crippen molar-refractivity contribution in [2.24, 2.45) is 0 Å². The van der Waals surface area contributed by atoms with E-state index >= 15 is 0 Å². The first-order valence-corrected chi connectivity index (χ1v) is 11.1. The van der Waals surface area contributed by atoms with Crippen molar-refractivity contribution in [2.45, 2.75) is 32.3 Å². The maximum absolute atomic E-state index is 6.21. The fraction of sp³-hybridized carbons (Fsp3) is 0.333. The first kappa shape index (κ1) is 20.5. The Kier molecular flexibility index (Phi) is 7.04. The van der Waals surface area contributed by atoms with Gasteiger partial charge < -0.3 is 14.5 Å². The highest BCUT2D eigenvalue weighted by Gasteiger charge is 2.20. The van der Waals surface area contributed by atoms with Gasteiger partial charge in [0, 0.05) is 31.0 Å². The lowest BCUT2D eigenvalue weighted by Gasteiger charge is -2.33. The fourth-order valence-electron chi connectivity index (χ4n) is 4.21. The highest BCUT2D eigenvalue weighted by Crippen LogP contribution is 2.25. The molecular formula is C27H32N2O. The second-order valence-corrected chi connectivity index (χ2v) is 8.15. The summed E-state index contributed by atoms with van der Waals surface area (Å²) in [7, 11) is 0. The number of hydrogen-bond acceptors (Lipinski definition) is 3. The first-order chi connectivity index (χ1) is 14.8. The Bertz CT molecular complexity index is 850. The van der Waals surface area contributed by atoms with Crippen LogP contribution in [0.1, 0.15) is 24.8 Å². The van der Waals surface area contributed by atoms with Gasteiger partial charge in [-0.1, -0.05) is 48.5 Å². The van der Waals surface area contributed by atoms with Gasteiger partial charge >= 0.3 is 0 Å². The summed E-state index contributed by atoms with van der Waals surface area (Å²) in [4.78, 5) is 5.01. The summed E-state index contributed by atoms with van der Waals surface area (Å²) >= 11 is 0. The molecule has 1 fully saturated rings. The van der Waals surface area contributed by atoms with Gasteiger partial charge in [-0.2, -0.15) is 0 Å². The van der Waals surface area contributed by atoms with Gasteiger partial charge in [-0.3, -0.25) is 0 Å². The molecule has 3 aromatic rings. The predicted molar refractivity (Wildman–Crippen MR) is 126 cm³/mol. The van der Waals surface area contributed by atoms with Gasteiger partial charge in [0.2, 0.25) is 0 Å². The molecular weight excluding hydrogens is 368 g/mol. The largest absolute Gasteiger partial charge is 0.490 e. The van der Waals surface area contributed by atoms with Gasteiger partial charge in [0.05, 0.1) is 0 Å². The number of anilines is 2. The standard InChI is InChI=1S/C27H32N2O/c1-23-10-8-15-27(22-23)30-26-16-20-28(21-17-26)18-9-19-29(24-11-4-2-5-12-24)25-13-6-3-7-14-25/h2-8,10-15,22,26H,9,16-21H2,1H3. The number of aryl methyl sites for hydroxylation is 1. The second-order valence-electron chi connectivity index (χ2n) is 8.15. The van der Waals surface area contributed by atoms with Crippen molar-refractivity contribution < 1.29 is 4.74 Å². The number of likely N-dealkylation sites (tertiary alicyclic amines) is 1. The molecule has 0 spiro atoms. The van der Waals surface area contributed by atoms with Gasteiger partial charge in [0.15, 0.2) is 0 Å². The zero-order valence-corrected chi connectivity index (χ0v) is 17.9. The smallest absolute Gasteiger partial charge is 0.119 e. The summed E-state index contributed by atoms with van der Waals surface area (Å²) in [5, 5.41) is 0. The van der Waals surface area contributed by atoms with Crippen LogP contribution in [0.2, 0.25) is 0 Å². The average Bonchev–Trinajstić information content (AvgIpc) is 2.79. The molecule has 1 aliphatic rings. The van der Waals surface area contributed by atoms with Crippen molar-refractivity contribution in [3.05, 3.63) is 90.5 Å². The summed E-state index contributed by atoms with van der Waals surface area (Å²) in [5.41, 5.74) is 3.77. The molecule has 1 saturated heterocycles. The molecule has 0 bridgehead atoms. The normalized spacial score (nSPS) is 15.1. The molecule has 1 aliphatic heterocycles. The molecule has 0 amide bonds. The van der Waals surface area contributed by atoms with E-state index in [9.17, 15) is 0 Å². The Morgan fingerprint density at radius 3 is 2.07 bits per heavy atom. The summed E-state index contributed by atoms with van der Waals surface area (Å²) < 4.78 is 6.21. The van der Waals surface area contributed by atoms with Crippen LogP contribution in [-0.2, 0) is 0 Å². The third-order valence-corrected chi connectivity index (χ3v) is 5.82. The van der Waals surface area contributed by atoms with Crippen molar-refractivity contribution in [1.29, 1.82) is 0 Å². The van der Waals surface area contributed by atoms with Gasteiger partial charge in [-0.05, 0) is 74.7 Å². The Morgan fingerprint density at radius 1 is 0.833 bits per heavy atom. The van der Waals surface area contributed by atoms with Gasteiger partial charge in [-0.15, -0.1) is 0 Å². The van der Waals surface area contributed by atoms with E-state index in [1.165, 1.54) is 16.9 Å². The number of benzene rings is 3. The monoisotopic (exact) mass is 400 g/mol. The van der Waals surface area contributed by atoms with Gasteiger partial charge in [0.1, 0.15) is 11.9 Å². The van der Waals surface area contributed by atoms with E-state index in [1.807, 2.05) is 0 Å². The van der Waals surface area contributed by atoms with Crippen LogP contribution >= 0.6 is 0 Å². The second kappa shape index (κ2) is 10.3. The molecule has 156 valence electrons. The maximum atomic E-state index is 6.21. The molecule has 0 unspecified atom stereocenters. The van der Waals surface area contributed by atoms with Crippen LogP contribution in [0.5, 0.6) is 5.75 Å². The van der Waals surface area contributed by atoms with E-state index < -0.39 is 0 Å². The summed E-state index contributed by atoms with van der Waals surface area (Å²) in [6.45, 7) is 6.50. The Morgan fingerprint density at radius 2 is 1.47 bits per heavy atom. The van der Waals surface area contributed by atoms with E-state index in [0.29, 0.717) is 6.10 Å². The van der Waals surface area contributed by atoms with Crippen LogP contribution in [0, 0.1) is 6.92 Å². The molecule has 1 heterocycles. The van der Waals surface area contributed by atoms with Crippen LogP contribution < -0.4 is 9.64 Å². The SMILES string of the molecule is Cc1cccc(OC2CCN(CCCN(c3ccccc3)c3ccccc3)CC2)c1. The summed E-state index contributed by atoms with van der Waals surface area (Å²) in [6, 6.07) is 29.8. The molecule has 3 heteroatoms. The van der Waals surface area contributed by atoms with Crippen LogP contribution in [0.4, 0.5) is 11.4 Å². The minimum Gasteiger partial charge on any atom is -0.490 e. The van der Waals surface area contributed by atoms with Gasteiger partial charge in [-0.25, -0.2) is 0 Å². The molecule has 0 saturated carbocycles. The number of hydrogen-bond donors (Lipinski definition) is 0. The molecule has 3 aromatic carbocycles. The predicted octanol–water partition coefficient (Wildman–Crippen LogP) is 6.07. The number of para-hydroxylation sites is 2. The molecule has 0 N–H and O–H groups in total. The lowest BCUT2D eigenvalue weighted by atomic mass is 10.1. The highest BCUT2D eigenvalue weighted by atomic mass is 16.5. The van der Waals surface area contributed by atoms with Crippen molar-refractivity contribution in [1.82, 2.24) is 4.90 Å². The van der Waals surface area contributed by atoms with E-state index in [2.05, 4.69) is 102 Å². The lowest BCUT2D eigenvalue weighted by molar-refractivity contribution is 0.100. The lowest BCUT2D eigenvalue weighted by Crippen LogP contribution is -2.39. The quantitative estimate of drug-likeness (QED) is 0.457. The van der Waals surface area contributed by atoms with Crippen LogP contribution in [0.25, 0.3) is 0 Å². The Balaban J connectivity index is 1.26. The van der Waals surface area contributed by atoms with E-state index in [-0.39, 0.29) is 0 Å². The molecule has 0 aromatic heterocycles. The van der Waals surface area contributed by atoms with E-state index in [1.54, 1.807) is 0 Å². The van der Waals surface area contributed by atoms with E-state index in [4.69, 9.17) is 4.74 Å². The van der Waals surface area contributed by atoms with Crippen molar-refractivity contribution in [2.75, 3.05) is 31.1 Å². The molecule has 3 nitrogen and oxygen atoms in total. The van der Waals surface area contributed by atoms with Crippen LogP contribution in [0.3, 0.4) is 0 Å². The first-order valence-electron chi connectivity index (χ1n) is 11.1. The van der Waals surface area contributed by atoms with Crippen molar-refractivity contribution in [3.63, 3.8) is 0 Å². The summed E-state index contributed by atoms with van der Waals surface area (Å²) in [5.74, 6) is 1.01. The molecule has 0 atom stereocenters. The minimum atomic E-state index is 0.341. The topological polar surface area (TPSA) is 15.7 Å². The maximum Gasteiger partial charge on any atom is 0.119 e. The van der Waals surface area contributed by atoms with Crippen molar-refractivity contribution >= 4 is 11.4 Å². The number of piperidine rings is 1. The van der Waals surface area contributed by atoms with E-state index in [0.717, 1.165) is 51.2 Å². The van der Waals surface area contributed by atoms with Crippen LogP contribution in [-0.4, -0.2) is 37.2 Å². The Labute approximate surface area is 180 Å². The molecule has 0 aliphatic carbocycles. The van der Waals surface area contributed by atoms with Gasteiger partial charge in [0.25, 0.3) is 0 Å². The van der Waals surface area contributed by atoms with Crippen molar-refractivity contribution in [3.8, 4) is 5.75 Å². The fourth-order valence-corrected chi connectivity index (χ4v) is 4.21. The Hall–Kier alpha value is -2.78. The molecule has 0 radical (unpaired) electrons. The summed E-state index contributed by atoms with van der Waals surface area (Å²) in [6.07, 6.45) is 3.70. The average molecular weight is 401 g/mol. The number of nitrogens with zero attached hydrogens (tertiary/aromatic N) is 2. The molecule has 30 heavy (non-hydrogen) atoms. The third kappa shape index (κ3) is 5.64. The minimum absolute atomic E-state index is 0.341. The number of ether oxygens (including phenoxy) is 1. The highest BCUT2D eigenvalue weighted by molar-refractivity contribution is 5.62. The number of rotatable bonds is 8. The zero-order valence-electron chi connectivity index (χ0n) is 17.9. The van der Waals surface area contributed by atoms with Crippen LogP contribution in [0.15, 0.2) is 84.9 Å².